The lowest BCUT2D eigenvalue weighted by Crippen LogP contribution is -2.46. The SMILES string of the molecule is Cc1cc(CNC2CCN(C(=O)OC(C)(C)C)CC2)ccc1Br. The maximum absolute atomic E-state index is 12.0. The fourth-order valence-electron chi connectivity index (χ4n) is 2.67. The molecule has 1 aliphatic rings. The number of amides is 1. The zero-order valence-electron chi connectivity index (χ0n) is 14.5. The molecule has 1 aromatic carbocycles. The molecule has 1 aliphatic heterocycles. The number of nitrogens with zero attached hydrogens (tertiary/aromatic N) is 1. The van der Waals surface area contributed by atoms with Crippen LogP contribution in [-0.4, -0.2) is 35.7 Å². The Morgan fingerprint density at radius 1 is 1.35 bits per heavy atom. The molecule has 4 nitrogen and oxygen atoms in total. The van der Waals surface area contributed by atoms with E-state index in [2.05, 4.69) is 46.4 Å². The number of carbonyl (C=O) groups excluding carboxylic acids is 1. The van der Waals surface area contributed by atoms with Crippen LogP contribution in [0.1, 0.15) is 44.7 Å². The van der Waals surface area contributed by atoms with Gasteiger partial charge in [0.05, 0.1) is 0 Å². The van der Waals surface area contributed by atoms with Gasteiger partial charge < -0.3 is 15.0 Å². The molecule has 0 radical (unpaired) electrons. The quantitative estimate of drug-likeness (QED) is 0.849. The average molecular weight is 383 g/mol. The van der Waals surface area contributed by atoms with Crippen LogP contribution in [-0.2, 0) is 11.3 Å². The molecule has 1 aromatic rings. The first-order valence-electron chi connectivity index (χ1n) is 8.21. The van der Waals surface area contributed by atoms with Crippen molar-refractivity contribution in [3.05, 3.63) is 33.8 Å². The van der Waals surface area contributed by atoms with Gasteiger partial charge in [-0.25, -0.2) is 4.79 Å². The number of benzene rings is 1. The Bertz CT molecular complexity index is 546. The number of likely N-dealkylation sites (tertiary alicyclic amines) is 1. The Hall–Kier alpha value is -1.07. The van der Waals surface area contributed by atoms with E-state index in [0.29, 0.717) is 6.04 Å². The Labute approximate surface area is 147 Å². The van der Waals surface area contributed by atoms with E-state index in [9.17, 15) is 4.79 Å². The molecule has 1 amide bonds. The highest BCUT2D eigenvalue weighted by Crippen LogP contribution is 2.18. The van der Waals surface area contributed by atoms with Crippen LogP contribution in [0.4, 0.5) is 4.79 Å². The number of hydrogen-bond acceptors (Lipinski definition) is 3. The van der Waals surface area contributed by atoms with Gasteiger partial charge in [-0.2, -0.15) is 0 Å². The smallest absolute Gasteiger partial charge is 0.410 e. The van der Waals surface area contributed by atoms with Crippen molar-refractivity contribution in [3.63, 3.8) is 0 Å². The molecule has 1 N–H and O–H groups in total. The third-order valence-electron chi connectivity index (χ3n) is 3.96. The second-order valence-corrected chi connectivity index (χ2v) is 8.06. The van der Waals surface area contributed by atoms with E-state index in [1.165, 1.54) is 11.1 Å². The fraction of sp³-hybridized carbons (Fsp3) is 0.611. The molecule has 1 heterocycles. The van der Waals surface area contributed by atoms with Crippen LogP contribution in [0.5, 0.6) is 0 Å². The summed E-state index contributed by atoms with van der Waals surface area (Å²) in [5.74, 6) is 0. The third-order valence-corrected chi connectivity index (χ3v) is 4.85. The minimum Gasteiger partial charge on any atom is -0.444 e. The van der Waals surface area contributed by atoms with Crippen LogP contribution in [0, 0.1) is 6.92 Å². The predicted octanol–water partition coefficient (Wildman–Crippen LogP) is 4.25. The van der Waals surface area contributed by atoms with Crippen molar-refractivity contribution in [2.45, 2.75) is 58.7 Å². The van der Waals surface area contributed by atoms with E-state index in [-0.39, 0.29) is 6.09 Å². The molecular formula is C18H27BrN2O2. The Morgan fingerprint density at radius 2 is 2.00 bits per heavy atom. The summed E-state index contributed by atoms with van der Waals surface area (Å²) < 4.78 is 6.57. The number of piperidine rings is 1. The van der Waals surface area contributed by atoms with E-state index < -0.39 is 5.60 Å². The molecule has 0 atom stereocenters. The zero-order valence-corrected chi connectivity index (χ0v) is 16.1. The molecular weight excluding hydrogens is 356 g/mol. The van der Waals surface area contributed by atoms with Crippen molar-refractivity contribution < 1.29 is 9.53 Å². The van der Waals surface area contributed by atoms with E-state index >= 15 is 0 Å². The molecule has 0 saturated carbocycles. The van der Waals surface area contributed by atoms with Gasteiger partial charge in [0.25, 0.3) is 0 Å². The molecule has 23 heavy (non-hydrogen) atoms. The molecule has 0 bridgehead atoms. The highest BCUT2D eigenvalue weighted by atomic mass is 79.9. The van der Waals surface area contributed by atoms with Crippen molar-refractivity contribution >= 4 is 22.0 Å². The third kappa shape index (κ3) is 5.81. The molecule has 0 spiro atoms. The molecule has 128 valence electrons. The predicted molar refractivity (Wildman–Crippen MR) is 96.5 cm³/mol. The van der Waals surface area contributed by atoms with Gasteiger partial charge in [0.2, 0.25) is 0 Å². The van der Waals surface area contributed by atoms with Crippen molar-refractivity contribution in [2.75, 3.05) is 13.1 Å². The van der Waals surface area contributed by atoms with E-state index in [4.69, 9.17) is 4.74 Å². The van der Waals surface area contributed by atoms with Gasteiger partial charge in [0.1, 0.15) is 5.60 Å². The number of hydrogen-bond donors (Lipinski definition) is 1. The lowest BCUT2D eigenvalue weighted by molar-refractivity contribution is 0.0198. The van der Waals surface area contributed by atoms with E-state index in [0.717, 1.165) is 36.9 Å². The maximum atomic E-state index is 12.0. The normalized spacial score (nSPS) is 16.5. The highest BCUT2D eigenvalue weighted by molar-refractivity contribution is 9.10. The number of halogens is 1. The summed E-state index contributed by atoms with van der Waals surface area (Å²) in [6, 6.07) is 6.89. The highest BCUT2D eigenvalue weighted by Gasteiger charge is 2.26. The summed E-state index contributed by atoms with van der Waals surface area (Å²) in [4.78, 5) is 13.9. The van der Waals surface area contributed by atoms with Crippen LogP contribution >= 0.6 is 15.9 Å². The van der Waals surface area contributed by atoms with Crippen LogP contribution in [0.3, 0.4) is 0 Å². The van der Waals surface area contributed by atoms with Crippen molar-refractivity contribution in [1.29, 1.82) is 0 Å². The Morgan fingerprint density at radius 3 is 2.57 bits per heavy atom. The van der Waals surface area contributed by atoms with Gasteiger partial charge in [-0.15, -0.1) is 0 Å². The fourth-order valence-corrected chi connectivity index (χ4v) is 2.92. The number of ether oxygens (including phenoxy) is 1. The standard InChI is InChI=1S/C18H27BrN2O2/c1-13-11-14(5-6-16(13)19)12-20-15-7-9-21(10-8-15)17(22)23-18(2,3)4/h5-6,11,15,20H,7-10,12H2,1-4H3. The van der Waals surface area contributed by atoms with Crippen molar-refractivity contribution in [2.24, 2.45) is 0 Å². The average Bonchev–Trinajstić information content (AvgIpc) is 2.47. The van der Waals surface area contributed by atoms with Gasteiger partial charge in [-0.3, -0.25) is 0 Å². The number of nitrogens with one attached hydrogen (secondary N) is 1. The Kier molecular flexibility index (Phi) is 6.09. The second kappa shape index (κ2) is 7.67. The minimum absolute atomic E-state index is 0.195. The molecule has 1 fully saturated rings. The maximum Gasteiger partial charge on any atom is 0.410 e. The molecule has 1 saturated heterocycles. The van der Waals surface area contributed by atoms with E-state index in [1.807, 2.05) is 25.7 Å². The molecule has 0 unspecified atom stereocenters. The monoisotopic (exact) mass is 382 g/mol. The summed E-state index contributed by atoms with van der Waals surface area (Å²) in [7, 11) is 0. The lowest BCUT2D eigenvalue weighted by atomic mass is 10.0. The minimum atomic E-state index is -0.425. The number of aryl methyl sites for hydroxylation is 1. The Balaban J connectivity index is 1.76. The van der Waals surface area contributed by atoms with Crippen LogP contribution in [0.25, 0.3) is 0 Å². The molecule has 2 rings (SSSR count). The summed E-state index contributed by atoms with van der Waals surface area (Å²) >= 11 is 3.53. The van der Waals surface area contributed by atoms with Gasteiger partial charge in [-0.05, 0) is 57.7 Å². The van der Waals surface area contributed by atoms with Crippen molar-refractivity contribution in [3.8, 4) is 0 Å². The number of carbonyl (C=O) groups is 1. The summed E-state index contributed by atoms with van der Waals surface area (Å²) in [6.45, 7) is 10.2. The first kappa shape index (κ1) is 18.3. The van der Waals surface area contributed by atoms with Gasteiger partial charge in [0.15, 0.2) is 0 Å². The molecule has 0 aromatic heterocycles. The lowest BCUT2D eigenvalue weighted by Gasteiger charge is -2.33. The topological polar surface area (TPSA) is 41.6 Å². The van der Waals surface area contributed by atoms with E-state index in [1.54, 1.807) is 0 Å². The van der Waals surface area contributed by atoms with Crippen LogP contribution in [0.15, 0.2) is 22.7 Å². The first-order valence-corrected chi connectivity index (χ1v) is 9.00. The van der Waals surface area contributed by atoms with Gasteiger partial charge in [0, 0.05) is 30.1 Å². The zero-order chi connectivity index (χ0) is 17.0. The van der Waals surface area contributed by atoms with Gasteiger partial charge in [-0.1, -0.05) is 28.1 Å². The van der Waals surface area contributed by atoms with Crippen LogP contribution < -0.4 is 5.32 Å². The molecule has 5 heteroatoms. The molecule has 0 aliphatic carbocycles. The van der Waals surface area contributed by atoms with Gasteiger partial charge >= 0.3 is 6.09 Å². The summed E-state index contributed by atoms with van der Waals surface area (Å²) in [5, 5.41) is 3.60. The van der Waals surface area contributed by atoms with Crippen LogP contribution in [0.2, 0.25) is 0 Å². The first-order chi connectivity index (χ1) is 10.7. The largest absolute Gasteiger partial charge is 0.444 e. The second-order valence-electron chi connectivity index (χ2n) is 7.21. The number of rotatable bonds is 3. The summed E-state index contributed by atoms with van der Waals surface area (Å²) in [5.41, 5.74) is 2.12. The summed E-state index contributed by atoms with van der Waals surface area (Å²) in [6.07, 6.45) is 1.74. The van der Waals surface area contributed by atoms with Crippen molar-refractivity contribution in [1.82, 2.24) is 10.2 Å².